The summed E-state index contributed by atoms with van der Waals surface area (Å²) in [7, 11) is -3.34. The third kappa shape index (κ3) is 6.37. The van der Waals surface area contributed by atoms with E-state index in [1.54, 1.807) is 0 Å². The van der Waals surface area contributed by atoms with E-state index in [0.29, 0.717) is 19.4 Å². The van der Waals surface area contributed by atoms with Gasteiger partial charge in [-0.3, -0.25) is 0 Å². The number of halogens is 3. The van der Waals surface area contributed by atoms with Gasteiger partial charge in [-0.25, -0.2) is 12.7 Å². The van der Waals surface area contributed by atoms with Crippen LogP contribution in [0.4, 0.5) is 12.9 Å². The molecule has 0 aromatic rings. The predicted molar refractivity (Wildman–Crippen MR) is 53.0 cm³/mol. The van der Waals surface area contributed by atoms with Gasteiger partial charge in [0.15, 0.2) is 0 Å². The number of sulfonamides is 1. The summed E-state index contributed by atoms with van der Waals surface area (Å²) in [4.78, 5) is 0. The molecule has 1 atom stereocenters. The van der Waals surface area contributed by atoms with Crippen LogP contribution in [-0.2, 0) is 10.0 Å². The molecule has 1 aliphatic rings. The fraction of sp³-hybridized carbons (Fsp3) is 1.00. The van der Waals surface area contributed by atoms with Crippen molar-refractivity contribution >= 4 is 17.0 Å². The molecule has 0 N–H and O–H groups in total. The summed E-state index contributed by atoms with van der Waals surface area (Å²) >= 11 is 0. The monoisotopic (exact) mass is 283 g/mol. The Kier molecular flexibility index (Phi) is 7.11. The average Bonchev–Trinajstić information content (AvgIpc) is 1.99. The van der Waals surface area contributed by atoms with Crippen LogP contribution in [0.1, 0.15) is 12.8 Å². The van der Waals surface area contributed by atoms with Gasteiger partial charge in [-0.1, -0.05) is 18.7 Å². The molecule has 1 aliphatic heterocycles. The van der Waals surface area contributed by atoms with Crippen LogP contribution in [0.15, 0.2) is 0 Å². The molecule has 0 bridgehead atoms. The van der Waals surface area contributed by atoms with Crippen molar-refractivity contribution in [2.45, 2.75) is 19.2 Å². The van der Waals surface area contributed by atoms with Crippen molar-refractivity contribution < 1.29 is 72.7 Å². The molecule has 0 aliphatic carbocycles. The third-order valence-electron chi connectivity index (χ3n) is 2.55. The summed E-state index contributed by atoms with van der Waals surface area (Å²) in [6.07, 6.45) is 1.19. The molecule has 0 aromatic heterocycles. The standard InChI is InChI=1S/C7H14BF3NO2S.K/c1-15(13,14)12-4-2-3-7(6-12)5-8(9,10)11;/h7H,2-6H2,1H3;/q-1;+1. The Morgan fingerprint density at radius 2 is 1.94 bits per heavy atom. The van der Waals surface area contributed by atoms with Crippen LogP contribution >= 0.6 is 0 Å². The van der Waals surface area contributed by atoms with Crippen LogP contribution in [-0.4, -0.2) is 39.0 Å². The van der Waals surface area contributed by atoms with Crippen LogP contribution < -0.4 is 51.4 Å². The first-order valence-electron chi connectivity index (χ1n) is 4.84. The van der Waals surface area contributed by atoms with Crippen LogP contribution in [0, 0.1) is 5.92 Å². The topological polar surface area (TPSA) is 37.4 Å². The molecular weight excluding hydrogens is 269 g/mol. The second-order valence-electron chi connectivity index (χ2n) is 4.08. The van der Waals surface area contributed by atoms with Gasteiger partial charge in [-0.2, -0.15) is 0 Å². The summed E-state index contributed by atoms with van der Waals surface area (Å²) in [5.41, 5.74) is 0. The van der Waals surface area contributed by atoms with Crippen LogP contribution in [0.25, 0.3) is 0 Å². The van der Waals surface area contributed by atoms with E-state index in [1.807, 2.05) is 0 Å². The molecule has 0 aromatic carbocycles. The summed E-state index contributed by atoms with van der Waals surface area (Å²) < 4.78 is 59.9. The van der Waals surface area contributed by atoms with E-state index in [0.717, 1.165) is 10.6 Å². The molecule has 1 fully saturated rings. The van der Waals surface area contributed by atoms with E-state index in [4.69, 9.17) is 0 Å². The Bertz CT molecular complexity index is 322. The Morgan fingerprint density at radius 3 is 2.38 bits per heavy atom. The van der Waals surface area contributed by atoms with Crippen LogP contribution in [0.5, 0.6) is 0 Å². The van der Waals surface area contributed by atoms with Crippen molar-refractivity contribution in [3.05, 3.63) is 0 Å². The fourth-order valence-electron chi connectivity index (χ4n) is 1.90. The zero-order chi connectivity index (χ0) is 11.7. The molecule has 9 heteroatoms. The Balaban J connectivity index is 0.00000225. The molecular formula is C7H14BF3KNO2S. The molecule has 16 heavy (non-hydrogen) atoms. The smallest absolute Gasteiger partial charge is 0.449 e. The minimum Gasteiger partial charge on any atom is -0.449 e. The number of hydrogen-bond acceptors (Lipinski definition) is 2. The quantitative estimate of drug-likeness (QED) is 0.592. The summed E-state index contributed by atoms with van der Waals surface area (Å²) in [5.74, 6) is -0.562. The van der Waals surface area contributed by atoms with E-state index in [2.05, 4.69) is 0 Å². The number of piperidine rings is 1. The Morgan fingerprint density at radius 1 is 1.38 bits per heavy atom. The van der Waals surface area contributed by atoms with Crippen LogP contribution in [0.3, 0.4) is 0 Å². The first-order chi connectivity index (χ1) is 6.68. The van der Waals surface area contributed by atoms with Gasteiger partial charge in [0.25, 0.3) is 0 Å². The first kappa shape index (κ1) is 17.4. The summed E-state index contributed by atoms with van der Waals surface area (Å²) in [6.45, 7) is -4.45. The molecule has 0 saturated carbocycles. The molecule has 1 rings (SSSR count). The van der Waals surface area contributed by atoms with Gasteiger partial charge in [0.2, 0.25) is 10.0 Å². The van der Waals surface area contributed by atoms with E-state index < -0.39 is 29.2 Å². The molecule has 0 amide bonds. The van der Waals surface area contributed by atoms with E-state index in [9.17, 15) is 21.4 Å². The van der Waals surface area contributed by atoms with Crippen molar-refractivity contribution in [2.24, 2.45) is 5.92 Å². The first-order valence-corrected chi connectivity index (χ1v) is 6.69. The molecule has 3 nitrogen and oxygen atoms in total. The molecule has 0 radical (unpaired) electrons. The van der Waals surface area contributed by atoms with Crippen molar-refractivity contribution in [2.75, 3.05) is 19.3 Å². The normalized spacial score (nSPS) is 23.9. The van der Waals surface area contributed by atoms with E-state index >= 15 is 0 Å². The number of rotatable bonds is 3. The maximum atomic E-state index is 12.2. The average molecular weight is 283 g/mol. The Hall–Kier alpha value is 1.40. The van der Waals surface area contributed by atoms with Crippen molar-refractivity contribution in [1.82, 2.24) is 4.31 Å². The number of hydrogen-bond donors (Lipinski definition) is 0. The minimum absolute atomic E-state index is 0. The zero-order valence-electron chi connectivity index (χ0n) is 9.50. The summed E-state index contributed by atoms with van der Waals surface area (Å²) in [6, 6.07) is 0. The number of nitrogens with zero attached hydrogens (tertiary/aromatic N) is 1. The van der Waals surface area contributed by atoms with E-state index in [1.165, 1.54) is 0 Å². The van der Waals surface area contributed by atoms with Crippen molar-refractivity contribution in [3.63, 3.8) is 0 Å². The maximum Gasteiger partial charge on any atom is 1.00 e. The van der Waals surface area contributed by atoms with Gasteiger partial charge in [0.1, 0.15) is 0 Å². The largest absolute Gasteiger partial charge is 1.00 e. The van der Waals surface area contributed by atoms with Gasteiger partial charge < -0.3 is 12.9 Å². The van der Waals surface area contributed by atoms with Gasteiger partial charge in [-0.05, 0) is 6.42 Å². The maximum absolute atomic E-state index is 12.2. The zero-order valence-corrected chi connectivity index (χ0v) is 13.4. The molecule has 0 spiro atoms. The van der Waals surface area contributed by atoms with Gasteiger partial charge in [-0.15, -0.1) is 0 Å². The molecule has 1 unspecified atom stereocenters. The second kappa shape index (κ2) is 6.53. The van der Waals surface area contributed by atoms with Gasteiger partial charge in [0.05, 0.1) is 6.26 Å². The van der Waals surface area contributed by atoms with Crippen molar-refractivity contribution in [1.29, 1.82) is 0 Å². The molecule has 1 heterocycles. The van der Waals surface area contributed by atoms with Gasteiger partial charge in [0, 0.05) is 13.1 Å². The molecule has 1 saturated heterocycles. The Labute approximate surface area is 137 Å². The predicted octanol–water partition coefficient (Wildman–Crippen LogP) is -1.49. The van der Waals surface area contributed by atoms with Crippen molar-refractivity contribution in [3.8, 4) is 0 Å². The van der Waals surface area contributed by atoms with E-state index in [-0.39, 0.29) is 57.9 Å². The van der Waals surface area contributed by atoms with Crippen LogP contribution in [0.2, 0.25) is 6.32 Å². The molecule has 90 valence electrons. The summed E-state index contributed by atoms with van der Waals surface area (Å²) in [5, 5.41) is 0. The fourth-order valence-corrected chi connectivity index (χ4v) is 2.84. The SMILES string of the molecule is CS(=O)(=O)N1CCCC(C[B-](F)(F)F)C1.[K+]. The van der Waals surface area contributed by atoms with Gasteiger partial charge >= 0.3 is 58.4 Å². The second-order valence-corrected chi connectivity index (χ2v) is 6.06. The minimum atomic E-state index is -4.81. The third-order valence-corrected chi connectivity index (χ3v) is 3.82.